The van der Waals surface area contributed by atoms with E-state index < -0.39 is 34.1 Å². The van der Waals surface area contributed by atoms with Gasteiger partial charge in [-0.3, -0.25) is 4.79 Å². The zero-order chi connectivity index (χ0) is 33.6. The first-order valence-corrected chi connectivity index (χ1v) is 17.4. The summed E-state index contributed by atoms with van der Waals surface area (Å²) in [5, 5.41) is 13.9. The second kappa shape index (κ2) is 19.1. The van der Waals surface area contributed by atoms with Crippen molar-refractivity contribution in [3.63, 3.8) is 0 Å². The summed E-state index contributed by atoms with van der Waals surface area (Å²) in [5.74, 6) is -0.517. The van der Waals surface area contributed by atoms with E-state index >= 15 is 0 Å². The second-order valence-corrected chi connectivity index (χ2v) is 13.8. The van der Waals surface area contributed by atoms with Gasteiger partial charge >= 0.3 is 0 Å². The van der Waals surface area contributed by atoms with E-state index in [2.05, 4.69) is 10.0 Å². The predicted octanol–water partition coefficient (Wildman–Crippen LogP) is 3.86. The lowest BCUT2D eigenvalue weighted by Crippen LogP contribution is -2.50. The molecular weight excluding hydrogens is 601 g/mol. The van der Waals surface area contributed by atoms with Gasteiger partial charge in [0.1, 0.15) is 11.6 Å². The van der Waals surface area contributed by atoms with Gasteiger partial charge < -0.3 is 30.4 Å². The summed E-state index contributed by atoms with van der Waals surface area (Å²) in [4.78, 5) is 13.3. The van der Waals surface area contributed by atoms with Gasteiger partial charge in [-0.2, -0.15) is 0 Å². The second-order valence-electron chi connectivity index (χ2n) is 12.0. The number of halogens is 1. The standard InChI is InChI=1S/C33H52FN3O7S/c1-7-23(4)30(19-36-45(6,40)41)37-33(39)28(22(2)3)18-31(38)29(35)21-43-20-24-9-14-27(25-10-12-26(34)13-11-25)32(17-24)44-16-8-15-42-5/h9-14,17,22-23,28-31,36,38H,7-8,15-16,18-21,35H2,1-6H3,(H,37,39)/t23-,28-,29-,30+,31-/m0/s1. The monoisotopic (exact) mass is 653 g/mol. The fourth-order valence-corrected chi connectivity index (χ4v) is 5.26. The van der Waals surface area contributed by atoms with Crippen LogP contribution in [0.2, 0.25) is 0 Å². The van der Waals surface area contributed by atoms with Crippen LogP contribution in [0.1, 0.15) is 52.5 Å². The first kappa shape index (κ1) is 38.6. The number of carbonyl (C=O) groups excluding carboxylic acids is 1. The number of hydrogen-bond acceptors (Lipinski definition) is 8. The number of aliphatic hydroxyl groups excluding tert-OH is 1. The molecule has 0 fully saturated rings. The third-order valence-corrected chi connectivity index (χ3v) is 8.58. The van der Waals surface area contributed by atoms with E-state index in [0.29, 0.717) is 25.4 Å². The van der Waals surface area contributed by atoms with Gasteiger partial charge in [-0.05, 0) is 47.6 Å². The molecule has 0 aliphatic carbocycles. The molecule has 254 valence electrons. The molecule has 12 heteroatoms. The zero-order valence-electron chi connectivity index (χ0n) is 27.4. The maximum atomic E-state index is 13.5. The minimum atomic E-state index is -3.41. The van der Waals surface area contributed by atoms with E-state index in [0.717, 1.165) is 29.4 Å². The Balaban J connectivity index is 2.01. The number of methoxy groups -OCH3 is 1. The molecule has 0 spiro atoms. The molecule has 0 aromatic heterocycles. The molecule has 2 rings (SSSR count). The number of aliphatic hydroxyl groups is 1. The van der Waals surface area contributed by atoms with E-state index in [9.17, 15) is 22.7 Å². The van der Waals surface area contributed by atoms with Crippen molar-refractivity contribution in [3.8, 4) is 16.9 Å². The van der Waals surface area contributed by atoms with Crippen molar-refractivity contribution in [3.05, 3.63) is 53.8 Å². The van der Waals surface area contributed by atoms with Gasteiger partial charge in [0.15, 0.2) is 0 Å². The number of hydrogen-bond donors (Lipinski definition) is 4. The highest BCUT2D eigenvalue weighted by Gasteiger charge is 2.30. The Morgan fingerprint density at radius 3 is 2.38 bits per heavy atom. The van der Waals surface area contributed by atoms with Crippen LogP contribution in [-0.2, 0) is 30.9 Å². The molecule has 0 saturated carbocycles. The van der Waals surface area contributed by atoms with E-state index in [1.54, 1.807) is 19.2 Å². The van der Waals surface area contributed by atoms with Gasteiger partial charge in [0.2, 0.25) is 15.9 Å². The van der Waals surface area contributed by atoms with E-state index in [4.69, 9.17) is 19.9 Å². The highest BCUT2D eigenvalue weighted by molar-refractivity contribution is 7.88. The normalized spacial score (nSPS) is 15.3. The quantitative estimate of drug-likeness (QED) is 0.149. The van der Waals surface area contributed by atoms with Gasteiger partial charge in [-0.25, -0.2) is 17.5 Å². The smallest absolute Gasteiger partial charge is 0.223 e. The summed E-state index contributed by atoms with van der Waals surface area (Å²) in [6, 6.07) is 10.7. The molecule has 45 heavy (non-hydrogen) atoms. The van der Waals surface area contributed by atoms with Crippen LogP contribution in [0.4, 0.5) is 4.39 Å². The molecule has 0 bridgehead atoms. The van der Waals surface area contributed by atoms with Crippen LogP contribution >= 0.6 is 0 Å². The van der Waals surface area contributed by atoms with Gasteiger partial charge in [0.05, 0.1) is 38.2 Å². The van der Waals surface area contributed by atoms with Crippen LogP contribution in [0, 0.1) is 23.6 Å². The van der Waals surface area contributed by atoms with E-state index in [1.807, 2.05) is 45.9 Å². The van der Waals surface area contributed by atoms with Crippen LogP contribution in [0.15, 0.2) is 42.5 Å². The lowest BCUT2D eigenvalue weighted by atomic mass is 9.86. The number of carbonyl (C=O) groups is 1. The molecule has 0 aliphatic rings. The number of amides is 1. The first-order chi connectivity index (χ1) is 21.2. The van der Waals surface area contributed by atoms with Gasteiger partial charge in [-0.1, -0.05) is 58.4 Å². The number of sulfonamides is 1. The van der Waals surface area contributed by atoms with E-state index in [1.165, 1.54) is 12.1 Å². The molecule has 0 unspecified atom stereocenters. The SMILES string of the molecule is CC[C@H](C)[C@@H](CNS(C)(=O)=O)NC(=O)[C@@H](C[C@H](O)[C@@H](N)COCc1ccc(-c2ccc(F)cc2)c(OCCCOC)c1)C(C)C. The van der Waals surface area contributed by atoms with Gasteiger partial charge in [0.25, 0.3) is 0 Å². The Morgan fingerprint density at radius 2 is 1.78 bits per heavy atom. The fraction of sp³-hybridized carbons (Fsp3) is 0.606. The van der Waals surface area contributed by atoms with Crippen LogP contribution in [0.3, 0.4) is 0 Å². The summed E-state index contributed by atoms with van der Waals surface area (Å²) >= 11 is 0. The Morgan fingerprint density at radius 1 is 1.09 bits per heavy atom. The van der Waals surface area contributed by atoms with Gasteiger partial charge in [0, 0.05) is 44.2 Å². The average molecular weight is 654 g/mol. The summed E-state index contributed by atoms with van der Waals surface area (Å²) in [6.45, 7) is 9.10. The van der Waals surface area contributed by atoms with Crippen LogP contribution in [0.25, 0.3) is 11.1 Å². The zero-order valence-corrected chi connectivity index (χ0v) is 28.2. The maximum Gasteiger partial charge on any atom is 0.223 e. The lowest BCUT2D eigenvalue weighted by Gasteiger charge is -2.30. The molecule has 2 aromatic carbocycles. The first-order valence-electron chi connectivity index (χ1n) is 15.5. The topological polar surface area (TPSA) is 149 Å². The minimum absolute atomic E-state index is 0.0395. The molecular formula is C33H52FN3O7S. The number of rotatable bonds is 21. The Labute approximate surface area is 268 Å². The fourth-order valence-electron chi connectivity index (χ4n) is 4.78. The molecule has 5 N–H and O–H groups in total. The Kier molecular flexibility index (Phi) is 16.4. The summed E-state index contributed by atoms with van der Waals surface area (Å²) in [5.41, 5.74) is 8.76. The molecule has 0 aliphatic heterocycles. The highest BCUT2D eigenvalue weighted by atomic mass is 32.2. The Bertz CT molecular complexity index is 1280. The lowest BCUT2D eigenvalue weighted by molar-refractivity contribution is -0.128. The molecule has 0 radical (unpaired) electrons. The van der Waals surface area contributed by atoms with Crippen molar-refractivity contribution >= 4 is 15.9 Å². The highest BCUT2D eigenvalue weighted by Crippen LogP contribution is 2.32. The maximum absolute atomic E-state index is 13.5. The summed E-state index contributed by atoms with van der Waals surface area (Å²) < 4.78 is 56.2. The molecule has 5 atom stereocenters. The average Bonchev–Trinajstić information content (AvgIpc) is 2.99. The molecule has 10 nitrogen and oxygen atoms in total. The number of nitrogens with one attached hydrogen (secondary N) is 2. The van der Waals surface area contributed by atoms with Crippen molar-refractivity contribution in [2.24, 2.45) is 23.5 Å². The van der Waals surface area contributed by atoms with Crippen molar-refractivity contribution in [2.75, 3.05) is 39.7 Å². The number of nitrogens with two attached hydrogens (primary N) is 1. The number of benzene rings is 2. The van der Waals surface area contributed by atoms with Crippen LogP contribution in [-0.4, -0.2) is 77.4 Å². The largest absolute Gasteiger partial charge is 0.493 e. The van der Waals surface area contributed by atoms with Crippen molar-refractivity contribution in [1.29, 1.82) is 0 Å². The predicted molar refractivity (Wildman–Crippen MR) is 175 cm³/mol. The van der Waals surface area contributed by atoms with Gasteiger partial charge in [-0.15, -0.1) is 0 Å². The van der Waals surface area contributed by atoms with Crippen molar-refractivity contribution in [2.45, 2.75) is 71.8 Å². The summed E-state index contributed by atoms with van der Waals surface area (Å²) in [6.07, 6.45) is 1.67. The number of ether oxygens (including phenoxy) is 3. The van der Waals surface area contributed by atoms with Crippen LogP contribution < -0.4 is 20.5 Å². The molecule has 0 heterocycles. The van der Waals surface area contributed by atoms with Crippen molar-refractivity contribution in [1.82, 2.24) is 10.0 Å². The van der Waals surface area contributed by atoms with E-state index in [-0.39, 0.29) is 49.7 Å². The minimum Gasteiger partial charge on any atom is -0.493 e. The molecule has 2 aromatic rings. The van der Waals surface area contributed by atoms with Crippen molar-refractivity contribution < 1.29 is 36.9 Å². The molecule has 0 saturated heterocycles. The van der Waals surface area contributed by atoms with Crippen LogP contribution in [0.5, 0.6) is 5.75 Å². The Hall–Kier alpha value is -2.61. The summed E-state index contributed by atoms with van der Waals surface area (Å²) in [7, 11) is -1.78. The third kappa shape index (κ3) is 13.7. The third-order valence-electron chi connectivity index (χ3n) is 7.89. The molecule has 1 amide bonds.